The van der Waals surface area contributed by atoms with Crippen LogP contribution >= 0.6 is 0 Å². The smallest absolute Gasteiger partial charge is 0.345 e. The summed E-state index contributed by atoms with van der Waals surface area (Å²) in [5.74, 6) is -0.114. The summed E-state index contributed by atoms with van der Waals surface area (Å²) >= 11 is 0. The van der Waals surface area contributed by atoms with Crippen LogP contribution in [0.2, 0.25) is 0 Å². The molecule has 0 bridgehead atoms. The molecule has 0 amide bonds. The van der Waals surface area contributed by atoms with Gasteiger partial charge in [-0.1, -0.05) is 5.10 Å². The molecule has 1 aromatic heterocycles. The molecule has 0 aliphatic rings. The van der Waals surface area contributed by atoms with Gasteiger partial charge in [-0.05, 0) is 18.3 Å². The van der Waals surface area contributed by atoms with E-state index >= 15 is 0 Å². The number of Topliss-reactive ketones (excluding diaryl/α,β-unsaturated/α-hetero) is 1. The number of rotatable bonds is 4. The standard InChI is InChI=1S/C7H9N3O3/c1-5(11)2-3-6-4-8-9-7(6)10(12)13/h4H,2-3H2,1H3,(H,8,9). The summed E-state index contributed by atoms with van der Waals surface area (Å²) in [4.78, 5) is 20.5. The summed E-state index contributed by atoms with van der Waals surface area (Å²) in [6.07, 6.45) is 2.05. The van der Waals surface area contributed by atoms with Crippen LogP contribution in [-0.2, 0) is 11.2 Å². The molecule has 0 aromatic carbocycles. The van der Waals surface area contributed by atoms with E-state index in [1.54, 1.807) is 0 Å². The summed E-state index contributed by atoms with van der Waals surface area (Å²) in [5, 5.41) is 16.2. The van der Waals surface area contributed by atoms with E-state index < -0.39 is 4.92 Å². The molecule has 0 spiro atoms. The molecule has 0 aliphatic heterocycles. The van der Waals surface area contributed by atoms with E-state index in [-0.39, 0.29) is 11.6 Å². The summed E-state index contributed by atoms with van der Waals surface area (Å²) in [5.41, 5.74) is 0.472. The topological polar surface area (TPSA) is 88.9 Å². The van der Waals surface area contributed by atoms with E-state index in [1.807, 2.05) is 0 Å². The Hall–Kier alpha value is -1.72. The van der Waals surface area contributed by atoms with Gasteiger partial charge >= 0.3 is 5.82 Å². The lowest BCUT2D eigenvalue weighted by molar-refractivity contribution is -0.390. The molecule has 0 saturated carbocycles. The highest BCUT2D eigenvalue weighted by Crippen LogP contribution is 2.15. The maximum absolute atomic E-state index is 10.6. The summed E-state index contributed by atoms with van der Waals surface area (Å²) < 4.78 is 0. The predicted molar refractivity (Wildman–Crippen MR) is 44.2 cm³/mol. The molecular weight excluding hydrogens is 174 g/mol. The van der Waals surface area contributed by atoms with Crippen LogP contribution in [0.15, 0.2) is 6.20 Å². The second kappa shape index (κ2) is 3.79. The number of H-pyrrole nitrogens is 1. The van der Waals surface area contributed by atoms with E-state index in [2.05, 4.69) is 10.2 Å². The predicted octanol–water partition coefficient (Wildman–Crippen LogP) is 0.839. The van der Waals surface area contributed by atoms with E-state index in [1.165, 1.54) is 13.1 Å². The third-order valence-electron chi connectivity index (χ3n) is 1.62. The van der Waals surface area contributed by atoms with Crippen LogP contribution in [0, 0.1) is 10.1 Å². The first-order valence-electron chi connectivity index (χ1n) is 3.77. The highest BCUT2D eigenvalue weighted by Gasteiger charge is 2.14. The van der Waals surface area contributed by atoms with Crippen molar-refractivity contribution in [2.75, 3.05) is 0 Å². The van der Waals surface area contributed by atoms with Gasteiger partial charge in [0.1, 0.15) is 5.78 Å². The quantitative estimate of drug-likeness (QED) is 0.553. The van der Waals surface area contributed by atoms with Crippen LogP contribution in [0.3, 0.4) is 0 Å². The summed E-state index contributed by atoms with van der Waals surface area (Å²) in [7, 11) is 0. The molecule has 0 fully saturated rings. The minimum absolute atomic E-state index is 0.00972. The van der Waals surface area contributed by atoms with E-state index in [9.17, 15) is 14.9 Å². The normalized spacial score (nSPS) is 9.92. The molecule has 13 heavy (non-hydrogen) atoms. The highest BCUT2D eigenvalue weighted by molar-refractivity contribution is 5.75. The molecule has 1 N–H and O–H groups in total. The number of hydrogen-bond donors (Lipinski definition) is 1. The first-order valence-corrected chi connectivity index (χ1v) is 3.77. The maximum Gasteiger partial charge on any atom is 0.345 e. The molecule has 0 radical (unpaired) electrons. The third-order valence-corrected chi connectivity index (χ3v) is 1.62. The van der Waals surface area contributed by atoms with Gasteiger partial charge in [0.2, 0.25) is 0 Å². The molecule has 0 saturated heterocycles. The lowest BCUT2D eigenvalue weighted by atomic mass is 10.1. The fourth-order valence-electron chi connectivity index (χ4n) is 0.956. The van der Waals surface area contributed by atoms with Gasteiger partial charge in [-0.2, -0.15) is 0 Å². The van der Waals surface area contributed by atoms with Gasteiger partial charge in [0.15, 0.2) is 0 Å². The van der Waals surface area contributed by atoms with E-state index in [0.29, 0.717) is 18.4 Å². The molecule has 1 rings (SSSR count). The van der Waals surface area contributed by atoms with Gasteiger partial charge in [-0.25, -0.2) is 0 Å². The lowest BCUT2D eigenvalue weighted by Crippen LogP contribution is -1.97. The van der Waals surface area contributed by atoms with Gasteiger partial charge < -0.3 is 14.9 Å². The van der Waals surface area contributed by atoms with Crippen LogP contribution in [-0.4, -0.2) is 20.9 Å². The van der Waals surface area contributed by atoms with Gasteiger partial charge in [0.05, 0.1) is 11.8 Å². The second-order valence-electron chi connectivity index (χ2n) is 2.70. The van der Waals surface area contributed by atoms with Crippen molar-refractivity contribution in [1.82, 2.24) is 10.2 Å². The molecule has 70 valence electrons. The van der Waals surface area contributed by atoms with Crippen LogP contribution in [0.4, 0.5) is 5.82 Å². The number of aromatic amines is 1. The molecule has 1 heterocycles. The minimum Gasteiger partial charge on any atom is -0.358 e. The SMILES string of the molecule is CC(=O)CCc1cn[nH]c1[N+](=O)[O-]. The summed E-state index contributed by atoms with van der Waals surface area (Å²) in [6.45, 7) is 1.45. The number of carbonyl (C=O) groups is 1. The largest absolute Gasteiger partial charge is 0.358 e. The van der Waals surface area contributed by atoms with Crippen molar-refractivity contribution in [1.29, 1.82) is 0 Å². The summed E-state index contributed by atoms with van der Waals surface area (Å²) in [6, 6.07) is 0. The molecule has 6 heteroatoms. The minimum atomic E-state index is -0.539. The highest BCUT2D eigenvalue weighted by atomic mass is 16.6. The van der Waals surface area contributed by atoms with Crippen molar-refractivity contribution in [3.63, 3.8) is 0 Å². The third kappa shape index (κ3) is 2.36. The Kier molecular flexibility index (Phi) is 2.73. The average molecular weight is 183 g/mol. The number of carbonyl (C=O) groups excluding carboxylic acids is 1. The van der Waals surface area contributed by atoms with E-state index in [0.717, 1.165) is 0 Å². The van der Waals surface area contributed by atoms with Crippen molar-refractivity contribution < 1.29 is 9.72 Å². The van der Waals surface area contributed by atoms with Gasteiger partial charge in [0.25, 0.3) is 0 Å². The Balaban J connectivity index is 2.71. The van der Waals surface area contributed by atoms with Gasteiger partial charge in [-0.3, -0.25) is 0 Å². The van der Waals surface area contributed by atoms with Crippen LogP contribution < -0.4 is 0 Å². The Labute approximate surface area is 74.1 Å². The number of nitro groups is 1. The maximum atomic E-state index is 10.6. The molecule has 6 nitrogen and oxygen atoms in total. The lowest BCUT2D eigenvalue weighted by Gasteiger charge is -1.94. The first-order chi connectivity index (χ1) is 6.11. The second-order valence-corrected chi connectivity index (χ2v) is 2.70. The van der Waals surface area contributed by atoms with Crippen molar-refractivity contribution in [3.05, 3.63) is 21.9 Å². The van der Waals surface area contributed by atoms with E-state index in [4.69, 9.17) is 0 Å². The number of ketones is 1. The van der Waals surface area contributed by atoms with Gasteiger partial charge in [-0.15, -0.1) is 5.10 Å². The van der Waals surface area contributed by atoms with Gasteiger partial charge in [0, 0.05) is 6.42 Å². The van der Waals surface area contributed by atoms with Crippen LogP contribution in [0.25, 0.3) is 0 Å². The number of nitrogens with one attached hydrogen (secondary N) is 1. The van der Waals surface area contributed by atoms with Crippen molar-refractivity contribution in [2.45, 2.75) is 19.8 Å². The Morgan fingerprint density at radius 3 is 3.00 bits per heavy atom. The van der Waals surface area contributed by atoms with Crippen molar-refractivity contribution >= 4 is 11.6 Å². The zero-order valence-electron chi connectivity index (χ0n) is 7.11. The zero-order valence-corrected chi connectivity index (χ0v) is 7.11. The number of nitrogens with zero attached hydrogens (tertiary/aromatic N) is 2. The van der Waals surface area contributed by atoms with Crippen molar-refractivity contribution in [3.8, 4) is 0 Å². The number of aromatic nitrogens is 2. The fraction of sp³-hybridized carbons (Fsp3) is 0.429. The monoisotopic (exact) mass is 183 g/mol. The Bertz CT molecular complexity index is 331. The molecule has 0 aliphatic carbocycles. The average Bonchev–Trinajstić information content (AvgIpc) is 2.47. The Morgan fingerprint density at radius 1 is 1.77 bits per heavy atom. The molecular formula is C7H9N3O3. The first kappa shape index (κ1) is 9.37. The Morgan fingerprint density at radius 2 is 2.46 bits per heavy atom. The molecule has 0 atom stereocenters. The molecule has 0 unspecified atom stereocenters. The molecule has 1 aromatic rings. The van der Waals surface area contributed by atoms with Crippen molar-refractivity contribution in [2.24, 2.45) is 0 Å². The number of hydrogen-bond acceptors (Lipinski definition) is 4. The fourth-order valence-corrected chi connectivity index (χ4v) is 0.956. The van der Waals surface area contributed by atoms with Crippen LogP contribution in [0.5, 0.6) is 0 Å². The van der Waals surface area contributed by atoms with Crippen LogP contribution in [0.1, 0.15) is 18.9 Å². The number of aryl methyl sites for hydroxylation is 1. The zero-order chi connectivity index (χ0) is 9.84.